The Kier molecular flexibility index (Phi) is 3.92. The molecule has 1 amide bonds. The van der Waals surface area contributed by atoms with Gasteiger partial charge in [-0.05, 0) is 24.3 Å². The van der Waals surface area contributed by atoms with E-state index in [0.717, 1.165) is 5.69 Å². The summed E-state index contributed by atoms with van der Waals surface area (Å²) >= 11 is 0. The maximum absolute atomic E-state index is 11.9. The highest BCUT2D eigenvalue weighted by atomic mass is 16.5. The van der Waals surface area contributed by atoms with Crippen LogP contribution in [0.3, 0.4) is 0 Å². The number of phenols is 1. The smallest absolute Gasteiger partial charge is 0.269 e. The lowest BCUT2D eigenvalue weighted by molar-refractivity contribution is 0.0997. The number of amides is 1. The summed E-state index contributed by atoms with van der Waals surface area (Å²) in [7, 11) is 1.58. The molecule has 8 heteroatoms. The number of aromatic hydroxyl groups is 1. The molecule has 134 valence electrons. The van der Waals surface area contributed by atoms with Crippen molar-refractivity contribution in [3.05, 3.63) is 60.6 Å². The molecule has 4 rings (SSSR count). The van der Waals surface area contributed by atoms with Crippen LogP contribution in [0.15, 0.2) is 54.9 Å². The topological polar surface area (TPSA) is 116 Å². The maximum atomic E-state index is 11.9. The normalized spacial score (nSPS) is 10.9. The molecule has 0 spiro atoms. The predicted octanol–water partition coefficient (Wildman–Crippen LogP) is 2.30. The van der Waals surface area contributed by atoms with Gasteiger partial charge in [0.25, 0.3) is 5.91 Å². The van der Waals surface area contributed by atoms with Crippen LogP contribution in [0.4, 0.5) is 0 Å². The second-order valence-corrected chi connectivity index (χ2v) is 5.77. The summed E-state index contributed by atoms with van der Waals surface area (Å²) in [6.45, 7) is 0. The van der Waals surface area contributed by atoms with E-state index in [0.29, 0.717) is 17.0 Å². The Labute approximate surface area is 153 Å². The first-order valence-corrected chi connectivity index (χ1v) is 8.06. The quantitative estimate of drug-likeness (QED) is 0.576. The minimum absolute atomic E-state index is 0.000263. The van der Waals surface area contributed by atoms with Gasteiger partial charge in [-0.25, -0.2) is 15.0 Å². The van der Waals surface area contributed by atoms with Crippen LogP contribution in [-0.4, -0.2) is 37.6 Å². The maximum Gasteiger partial charge on any atom is 0.269 e. The first kappa shape index (κ1) is 16.5. The van der Waals surface area contributed by atoms with E-state index in [1.54, 1.807) is 29.9 Å². The van der Waals surface area contributed by atoms with Crippen LogP contribution in [-0.2, 0) is 0 Å². The van der Waals surface area contributed by atoms with Gasteiger partial charge in [0.2, 0.25) is 0 Å². The van der Waals surface area contributed by atoms with Gasteiger partial charge in [0.05, 0.1) is 18.4 Å². The van der Waals surface area contributed by atoms with Crippen molar-refractivity contribution >= 4 is 17.1 Å². The Morgan fingerprint density at radius 3 is 2.70 bits per heavy atom. The van der Waals surface area contributed by atoms with Crippen molar-refractivity contribution in [2.24, 2.45) is 5.73 Å². The van der Waals surface area contributed by atoms with Gasteiger partial charge in [0.1, 0.15) is 23.3 Å². The molecule has 0 aliphatic heterocycles. The van der Waals surface area contributed by atoms with E-state index < -0.39 is 5.91 Å². The number of para-hydroxylation sites is 1. The number of hydrogen-bond acceptors (Lipinski definition) is 6. The zero-order valence-electron chi connectivity index (χ0n) is 14.3. The number of methoxy groups -OCH3 is 1. The van der Waals surface area contributed by atoms with Crippen LogP contribution < -0.4 is 10.5 Å². The number of benzene rings is 2. The Balaban J connectivity index is 2.00. The number of rotatable bonds is 4. The fraction of sp³-hybridized carbons (Fsp3) is 0.0526. The SMILES string of the molecule is COc1cccc(-n2cnc3c(C(N)=O)nc(-c4ccccc4O)nc32)c1. The number of carbonyl (C=O) groups is 1. The number of hydrogen-bond donors (Lipinski definition) is 2. The average Bonchev–Trinajstić information content (AvgIpc) is 3.11. The molecule has 0 aliphatic rings. The minimum Gasteiger partial charge on any atom is -0.507 e. The number of primary amides is 1. The Morgan fingerprint density at radius 2 is 1.96 bits per heavy atom. The average molecular weight is 361 g/mol. The fourth-order valence-electron chi connectivity index (χ4n) is 2.80. The first-order valence-electron chi connectivity index (χ1n) is 8.06. The highest BCUT2D eigenvalue weighted by Crippen LogP contribution is 2.29. The van der Waals surface area contributed by atoms with E-state index in [4.69, 9.17) is 10.5 Å². The van der Waals surface area contributed by atoms with Crippen LogP contribution in [0.2, 0.25) is 0 Å². The standard InChI is InChI=1S/C19H15N5O3/c1-27-12-6-4-5-11(9-12)24-10-21-16-15(17(20)26)22-18(23-19(16)24)13-7-2-3-8-14(13)25/h2-10,25H,1H3,(H2,20,26). The van der Waals surface area contributed by atoms with Gasteiger partial charge in [0.15, 0.2) is 17.2 Å². The highest BCUT2D eigenvalue weighted by molar-refractivity contribution is 6.02. The number of imidazole rings is 1. The van der Waals surface area contributed by atoms with Crippen molar-refractivity contribution in [3.63, 3.8) is 0 Å². The molecule has 0 atom stereocenters. The van der Waals surface area contributed by atoms with Gasteiger partial charge >= 0.3 is 0 Å². The van der Waals surface area contributed by atoms with Crippen molar-refractivity contribution in [2.75, 3.05) is 7.11 Å². The Morgan fingerprint density at radius 1 is 1.15 bits per heavy atom. The minimum atomic E-state index is -0.727. The summed E-state index contributed by atoms with van der Waals surface area (Å²) in [6, 6.07) is 13.9. The number of fused-ring (bicyclic) bond motifs is 1. The predicted molar refractivity (Wildman–Crippen MR) is 98.8 cm³/mol. The number of aromatic nitrogens is 4. The van der Waals surface area contributed by atoms with Crippen LogP contribution in [0.1, 0.15) is 10.5 Å². The van der Waals surface area contributed by atoms with Crippen LogP contribution >= 0.6 is 0 Å². The lowest BCUT2D eigenvalue weighted by Crippen LogP contribution is -2.15. The molecule has 0 aliphatic carbocycles. The molecule has 0 fully saturated rings. The number of phenolic OH excluding ortho intramolecular Hbond substituents is 1. The Hall–Kier alpha value is -3.94. The van der Waals surface area contributed by atoms with E-state index in [2.05, 4.69) is 15.0 Å². The molecular weight excluding hydrogens is 346 g/mol. The zero-order valence-corrected chi connectivity index (χ0v) is 14.3. The molecule has 0 radical (unpaired) electrons. The molecule has 27 heavy (non-hydrogen) atoms. The summed E-state index contributed by atoms with van der Waals surface area (Å²) < 4.78 is 6.97. The number of nitrogens with two attached hydrogens (primary N) is 1. The summed E-state index contributed by atoms with van der Waals surface area (Å²) in [5, 5.41) is 10.1. The molecule has 8 nitrogen and oxygen atoms in total. The molecule has 0 saturated heterocycles. The zero-order chi connectivity index (χ0) is 19.0. The first-order chi connectivity index (χ1) is 13.1. The van der Waals surface area contributed by atoms with E-state index >= 15 is 0 Å². The summed E-state index contributed by atoms with van der Waals surface area (Å²) in [4.78, 5) is 24.9. The van der Waals surface area contributed by atoms with Gasteiger partial charge in [0, 0.05) is 6.07 Å². The molecule has 3 N–H and O–H groups in total. The third-order valence-electron chi connectivity index (χ3n) is 4.11. The van der Waals surface area contributed by atoms with Crippen molar-refractivity contribution in [1.29, 1.82) is 0 Å². The fourth-order valence-corrected chi connectivity index (χ4v) is 2.80. The molecule has 0 unspecified atom stereocenters. The lowest BCUT2D eigenvalue weighted by Gasteiger charge is -2.08. The third-order valence-corrected chi connectivity index (χ3v) is 4.11. The molecule has 2 aromatic carbocycles. The van der Waals surface area contributed by atoms with Crippen molar-refractivity contribution in [3.8, 4) is 28.6 Å². The lowest BCUT2D eigenvalue weighted by atomic mass is 10.2. The monoisotopic (exact) mass is 361 g/mol. The highest BCUT2D eigenvalue weighted by Gasteiger charge is 2.19. The molecular formula is C19H15N5O3. The number of carbonyl (C=O) groups excluding carboxylic acids is 1. The third kappa shape index (κ3) is 2.82. The van der Waals surface area contributed by atoms with Crippen molar-refractivity contribution in [2.45, 2.75) is 0 Å². The molecule has 0 saturated carbocycles. The molecule has 4 aromatic rings. The van der Waals surface area contributed by atoms with Crippen LogP contribution in [0, 0.1) is 0 Å². The Bertz CT molecular complexity index is 1170. The van der Waals surface area contributed by atoms with Crippen LogP contribution in [0.5, 0.6) is 11.5 Å². The van der Waals surface area contributed by atoms with E-state index in [-0.39, 0.29) is 22.8 Å². The number of nitrogens with zero attached hydrogens (tertiary/aromatic N) is 4. The summed E-state index contributed by atoms with van der Waals surface area (Å²) in [5.41, 5.74) is 7.29. The summed E-state index contributed by atoms with van der Waals surface area (Å²) in [5.74, 6) is 0.119. The largest absolute Gasteiger partial charge is 0.507 e. The summed E-state index contributed by atoms with van der Waals surface area (Å²) in [6.07, 6.45) is 1.54. The van der Waals surface area contributed by atoms with Crippen molar-refractivity contribution < 1.29 is 14.6 Å². The van der Waals surface area contributed by atoms with Crippen LogP contribution in [0.25, 0.3) is 28.2 Å². The van der Waals surface area contributed by atoms with E-state index in [1.807, 2.05) is 24.3 Å². The van der Waals surface area contributed by atoms with E-state index in [1.165, 1.54) is 12.4 Å². The molecule has 2 aromatic heterocycles. The molecule has 2 heterocycles. The second kappa shape index (κ2) is 6.41. The molecule has 0 bridgehead atoms. The van der Waals surface area contributed by atoms with Gasteiger partial charge in [-0.2, -0.15) is 0 Å². The second-order valence-electron chi connectivity index (χ2n) is 5.77. The van der Waals surface area contributed by atoms with Crippen molar-refractivity contribution in [1.82, 2.24) is 19.5 Å². The van der Waals surface area contributed by atoms with Gasteiger partial charge in [-0.1, -0.05) is 18.2 Å². The van der Waals surface area contributed by atoms with E-state index in [9.17, 15) is 9.90 Å². The van der Waals surface area contributed by atoms with Gasteiger partial charge < -0.3 is 15.6 Å². The van der Waals surface area contributed by atoms with Gasteiger partial charge in [-0.15, -0.1) is 0 Å². The van der Waals surface area contributed by atoms with Gasteiger partial charge in [-0.3, -0.25) is 9.36 Å². The number of ether oxygens (including phenoxy) is 1.